The van der Waals surface area contributed by atoms with Gasteiger partial charge in [0.15, 0.2) is 0 Å². The third-order valence-corrected chi connectivity index (χ3v) is 5.19. The lowest BCUT2D eigenvalue weighted by Crippen LogP contribution is -2.34. The summed E-state index contributed by atoms with van der Waals surface area (Å²) in [6.07, 6.45) is 5.03. The molecule has 3 nitrogen and oxygen atoms in total. The number of rotatable bonds is 5. The fraction of sp³-hybridized carbons (Fsp3) is 0.647. The average molecular weight is 353 g/mol. The lowest BCUT2D eigenvalue weighted by atomic mass is 9.93. The van der Waals surface area contributed by atoms with Crippen LogP contribution in [0.1, 0.15) is 30.4 Å². The summed E-state index contributed by atoms with van der Waals surface area (Å²) in [4.78, 5) is 2.58. The second kappa shape index (κ2) is 7.12. The highest BCUT2D eigenvalue weighted by Crippen LogP contribution is 2.34. The number of hydrogen-bond acceptors (Lipinski definition) is 3. The summed E-state index contributed by atoms with van der Waals surface area (Å²) in [6, 6.07) is 4.44. The molecule has 0 aliphatic carbocycles. The zero-order chi connectivity index (χ0) is 14.7. The van der Waals surface area contributed by atoms with Gasteiger partial charge in [0, 0.05) is 23.0 Å². The van der Waals surface area contributed by atoms with Crippen LogP contribution in [-0.4, -0.2) is 38.2 Å². The topological polar surface area (TPSA) is 24.5 Å². The molecule has 4 heteroatoms. The Morgan fingerprint density at radius 1 is 1.33 bits per heavy atom. The number of nitrogens with one attached hydrogen (secondary N) is 1. The predicted octanol–water partition coefficient (Wildman–Crippen LogP) is 3.21. The van der Waals surface area contributed by atoms with E-state index in [9.17, 15) is 0 Å². The molecule has 1 aromatic carbocycles. The van der Waals surface area contributed by atoms with E-state index in [0.29, 0.717) is 0 Å². The Bertz CT molecular complexity index is 484. The second-order valence-corrected chi connectivity index (χ2v) is 7.18. The van der Waals surface area contributed by atoms with Gasteiger partial charge in [0.1, 0.15) is 5.75 Å². The van der Waals surface area contributed by atoms with Crippen molar-refractivity contribution in [3.05, 3.63) is 27.7 Å². The van der Waals surface area contributed by atoms with Gasteiger partial charge >= 0.3 is 0 Å². The fourth-order valence-electron chi connectivity index (χ4n) is 3.49. The van der Waals surface area contributed by atoms with Crippen molar-refractivity contribution in [2.24, 2.45) is 5.92 Å². The van der Waals surface area contributed by atoms with Gasteiger partial charge < -0.3 is 10.1 Å². The number of benzene rings is 1. The summed E-state index contributed by atoms with van der Waals surface area (Å²) in [5, 5.41) is 3.27. The molecule has 0 aromatic heterocycles. The summed E-state index contributed by atoms with van der Waals surface area (Å²) in [7, 11) is 2.04. The molecule has 0 unspecified atom stereocenters. The van der Waals surface area contributed by atoms with Crippen molar-refractivity contribution < 1.29 is 4.74 Å². The van der Waals surface area contributed by atoms with Gasteiger partial charge in [-0.2, -0.15) is 0 Å². The molecule has 1 saturated heterocycles. The first-order valence-corrected chi connectivity index (χ1v) is 8.86. The maximum absolute atomic E-state index is 5.84. The maximum atomic E-state index is 5.84. The van der Waals surface area contributed by atoms with Crippen molar-refractivity contribution in [2.75, 3.05) is 33.3 Å². The summed E-state index contributed by atoms with van der Waals surface area (Å²) < 4.78 is 7.03. The molecule has 0 spiro atoms. The number of piperidine rings is 1. The molecule has 0 amide bonds. The van der Waals surface area contributed by atoms with Crippen LogP contribution in [0.2, 0.25) is 0 Å². The van der Waals surface area contributed by atoms with Crippen LogP contribution in [0.4, 0.5) is 0 Å². The summed E-state index contributed by atoms with van der Waals surface area (Å²) in [5.74, 6) is 2.05. The number of fused-ring (bicyclic) bond motifs is 1. The molecule has 0 bridgehead atoms. The largest absolute Gasteiger partial charge is 0.493 e. The van der Waals surface area contributed by atoms with E-state index < -0.39 is 0 Å². The van der Waals surface area contributed by atoms with E-state index in [0.717, 1.165) is 37.8 Å². The predicted molar refractivity (Wildman–Crippen MR) is 89.9 cm³/mol. The zero-order valence-electron chi connectivity index (χ0n) is 12.8. The monoisotopic (exact) mass is 352 g/mol. The van der Waals surface area contributed by atoms with Crippen LogP contribution in [0.25, 0.3) is 0 Å². The lowest BCUT2D eigenvalue weighted by Gasteiger charge is -2.32. The fourth-order valence-corrected chi connectivity index (χ4v) is 4.04. The Morgan fingerprint density at radius 2 is 2.14 bits per heavy atom. The standard InChI is InChI=1S/C17H25BrN2O/c1-19-6-2-13-3-7-20(8-4-13)12-15-11-16(18)10-14-5-9-21-17(14)15/h10-11,13,19H,2-9,12H2,1H3. The van der Waals surface area contributed by atoms with Crippen molar-refractivity contribution in [2.45, 2.75) is 32.2 Å². The van der Waals surface area contributed by atoms with Crippen molar-refractivity contribution in [3.8, 4) is 5.75 Å². The zero-order valence-corrected chi connectivity index (χ0v) is 14.4. The highest BCUT2D eigenvalue weighted by molar-refractivity contribution is 9.10. The van der Waals surface area contributed by atoms with E-state index in [1.165, 1.54) is 48.0 Å². The van der Waals surface area contributed by atoms with Gasteiger partial charge in [-0.25, -0.2) is 0 Å². The molecule has 21 heavy (non-hydrogen) atoms. The average Bonchev–Trinajstić information content (AvgIpc) is 2.95. The number of ether oxygens (including phenoxy) is 1. The molecule has 0 radical (unpaired) electrons. The highest BCUT2D eigenvalue weighted by Gasteiger charge is 2.22. The molecule has 3 rings (SSSR count). The third-order valence-electron chi connectivity index (χ3n) is 4.73. The van der Waals surface area contributed by atoms with Crippen molar-refractivity contribution >= 4 is 15.9 Å². The van der Waals surface area contributed by atoms with E-state index in [2.05, 4.69) is 38.3 Å². The number of halogens is 1. The van der Waals surface area contributed by atoms with Crippen LogP contribution in [0.5, 0.6) is 5.75 Å². The van der Waals surface area contributed by atoms with Crippen LogP contribution in [0.3, 0.4) is 0 Å². The third kappa shape index (κ3) is 3.79. The first-order chi connectivity index (χ1) is 10.3. The van der Waals surface area contributed by atoms with Gasteiger partial charge in [0.25, 0.3) is 0 Å². The minimum Gasteiger partial charge on any atom is -0.493 e. The summed E-state index contributed by atoms with van der Waals surface area (Å²) >= 11 is 3.64. The van der Waals surface area contributed by atoms with E-state index >= 15 is 0 Å². The quantitative estimate of drug-likeness (QED) is 0.880. The van der Waals surface area contributed by atoms with Gasteiger partial charge in [-0.1, -0.05) is 15.9 Å². The first-order valence-electron chi connectivity index (χ1n) is 8.07. The Hall–Kier alpha value is -0.580. The Morgan fingerprint density at radius 3 is 2.90 bits per heavy atom. The van der Waals surface area contributed by atoms with Gasteiger partial charge in [0.05, 0.1) is 6.61 Å². The van der Waals surface area contributed by atoms with Crippen LogP contribution < -0.4 is 10.1 Å². The first kappa shape index (κ1) is 15.3. The number of nitrogens with zero attached hydrogens (tertiary/aromatic N) is 1. The number of likely N-dealkylation sites (tertiary alicyclic amines) is 1. The van der Waals surface area contributed by atoms with Gasteiger partial charge in [-0.05, 0) is 69.6 Å². The SMILES string of the molecule is CNCCC1CCN(Cc2cc(Br)cc3c2OCC3)CC1. The highest BCUT2D eigenvalue weighted by atomic mass is 79.9. The van der Waals surface area contributed by atoms with E-state index in [1.54, 1.807) is 0 Å². The Labute approximate surface area is 136 Å². The smallest absolute Gasteiger partial charge is 0.127 e. The Kier molecular flexibility index (Phi) is 5.19. The lowest BCUT2D eigenvalue weighted by molar-refractivity contribution is 0.170. The molecule has 116 valence electrons. The van der Waals surface area contributed by atoms with Gasteiger partial charge in [-0.3, -0.25) is 4.90 Å². The van der Waals surface area contributed by atoms with E-state index in [4.69, 9.17) is 4.74 Å². The molecule has 2 aliphatic rings. The molecule has 1 aromatic rings. The molecule has 2 aliphatic heterocycles. The van der Waals surface area contributed by atoms with E-state index in [-0.39, 0.29) is 0 Å². The van der Waals surface area contributed by atoms with Crippen LogP contribution in [0, 0.1) is 5.92 Å². The minimum atomic E-state index is 0.838. The summed E-state index contributed by atoms with van der Waals surface area (Å²) in [5.41, 5.74) is 2.72. The molecule has 1 fully saturated rings. The van der Waals surface area contributed by atoms with Crippen molar-refractivity contribution in [1.82, 2.24) is 10.2 Å². The van der Waals surface area contributed by atoms with Crippen LogP contribution >= 0.6 is 15.9 Å². The maximum Gasteiger partial charge on any atom is 0.127 e. The molecule has 0 atom stereocenters. The molecular formula is C17H25BrN2O. The Balaban J connectivity index is 1.59. The van der Waals surface area contributed by atoms with E-state index in [1.807, 2.05) is 7.05 Å². The minimum absolute atomic E-state index is 0.838. The normalized spacial score (nSPS) is 19.5. The second-order valence-electron chi connectivity index (χ2n) is 6.26. The summed E-state index contributed by atoms with van der Waals surface area (Å²) in [6.45, 7) is 5.45. The molecule has 0 saturated carbocycles. The molecular weight excluding hydrogens is 328 g/mol. The van der Waals surface area contributed by atoms with Crippen molar-refractivity contribution in [3.63, 3.8) is 0 Å². The molecule has 1 N–H and O–H groups in total. The molecule has 2 heterocycles. The number of hydrogen-bond donors (Lipinski definition) is 1. The van der Waals surface area contributed by atoms with Crippen molar-refractivity contribution in [1.29, 1.82) is 0 Å². The van der Waals surface area contributed by atoms with Crippen LogP contribution in [0.15, 0.2) is 16.6 Å². The van der Waals surface area contributed by atoms with Gasteiger partial charge in [-0.15, -0.1) is 0 Å². The van der Waals surface area contributed by atoms with Gasteiger partial charge in [0.2, 0.25) is 0 Å². The van der Waals surface area contributed by atoms with Crippen LogP contribution in [-0.2, 0) is 13.0 Å².